The normalized spacial score (nSPS) is 10.3. The second-order valence-corrected chi connectivity index (χ2v) is 2.25. The molecule has 0 heterocycles. The van der Waals surface area contributed by atoms with Gasteiger partial charge in [-0.3, -0.25) is 0 Å². The molecule has 0 amide bonds. The molecule has 1 aromatic rings. The Morgan fingerprint density at radius 3 is 2.31 bits per heavy atom. The summed E-state index contributed by atoms with van der Waals surface area (Å²) in [5.74, 6) is -3.28. The van der Waals surface area contributed by atoms with E-state index in [9.17, 15) is 13.2 Å². The Morgan fingerprint density at radius 1 is 1.08 bits per heavy atom. The predicted molar refractivity (Wildman–Crippen MR) is 41.0 cm³/mol. The molecule has 0 aliphatic carbocycles. The molecule has 66 valence electrons. The molecule has 0 saturated carbocycles. The Morgan fingerprint density at radius 2 is 1.69 bits per heavy atom. The molecule has 0 unspecified atom stereocenters. The highest BCUT2D eigenvalue weighted by molar-refractivity contribution is 5.52. The summed E-state index contributed by atoms with van der Waals surface area (Å²) in [7, 11) is 0. The zero-order valence-electron chi connectivity index (χ0n) is 6.39. The maximum absolute atomic E-state index is 12.8. The molecule has 13 heavy (non-hydrogen) atoms. The van der Waals surface area contributed by atoms with Gasteiger partial charge in [0.2, 0.25) is 0 Å². The topological polar surface area (TPSA) is 23.8 Å². The number of rotatable bonds is 1. The van der Waals surface area contributed by atoms with Crippen molar-refractivity contribution < 1.29 is 13.2 Å². The van der Waals surface area contributed by atoms with E-state index in [1.807, 2.05) is 0 Å². The molecule has 0 aromatic heterocycles. The zero-order chi connectivity index (χ0) is 9.84. The molecule has 0 fully saturated rings. The van der Waals surface area contributed by atoms with Gasteiger partial charge in [0.15, 0.2) is 11.6 Å². The van der Waals surface area contributed by atoms with Gasteiger partial charge in [-0.2, -0.15) is 5.26 Å². The van der Waals surface area contributed by atoms with Gasteiger partial charge in [-0.1, -0.05) is 0 Å². The summed E-state index contributed by atoms with van der Waals surface area (Å²) in [4.78, 5) is 0. The molecule has 4 heteroatoms. The van der Waals surface area contributed by atoms with E-state index >= 15 is 0 Å². The lowest BCUT2D eigenvalue weighted by atomic mass is 10.2. The molecule has 0 atom stereocenters. The number of nitrogens with zero attached hydrogens (tertiary/aromatic N) is 1. The molecular weight excluding hydrogens is 179 g/mol. The zero-order valence-corrected chi connectivity index (χ0v) is 6.39. The third kappa shape index (κ3) is 2.09. The van der Waals surface area contributed by atoms with Crippen molar-refractivity contribution in [1.82, 2.24) is 0 Å². The van der Waals surface area contributed by atoms with Crippen molar-refractivity contribution >= 4 is 6.08 Å². The fourth-order valence-corrected chi connectivity index (χ4v) is 0.793. The lowest BCUT2D eigenvalue weighted by molar-refractivity contribution is 0.494. The van der Waals surface area contributed by atoms with Crippen molar-refractivity contribution in [1.29, 1.82) is 5.26 Å². The van der Waals surface area contributed by atoms with E-state index in [0.29, 0.717) is 12.1 Å². The van der Waals surface area contributed by atoms with E-state index in [1.54, 1.807) is 6.07 Å². The highest BCUT2D eigenvalue weighted by Gasteiger charge is 2.06. The van der Waals surface area contributed by atoms with Gasteiger partial charge in [-0.25, -0.2) is 13.2 Å². The quantitative estimate of drug-likeness (QED) is 0.485. The lowest BCUT2D eigenvalue weighted by Gasteiger charge is -1.97. The van der Waals surface area contributed by atoms with Gasteiger partial charge in [0.05, 0.1) is 6.07 Å². The van der Waals surface area contributed by atoms with Crippen molar-refractivity contribution in [2.75, 3.05) is 0 Å². The van der Waals surface area contributed by atoms with Crippen molar-refractivity contribution in [3.63, 3.8) is 0 Å². The van der Waals surface area contributed by atoms with E-state index in [4.69, 9.17) is 5.26 Å². The van der Waals surface area contributed by atoms with Crippen LogP contribution in [0.4, 0.5) is 13.2 Å². The van der Waals surface area contributed by atoms with E-state index in [0.717, 1.165) is 12.2 Å². The molecular formula is C9H4F3N. The van der Waals surface area contributed by atoms with Crippen molar-refractivity contribution in [3.05, 3.63) is 41.2 Å². The third-order valence-electron chi connectivity index (χ3n) is 1.38. The first-order chi connectivity index (χ1) is 6.15. The van der Waals surface area contributed by atoms with Crippen LogP contribution in [-0.4, -0.2) is 0 Å². The number of benzene rings is 1. The molecule has 0 bridgehead atoms. The Labute approximate surface area is 72.7 Å². The molecule has 1 aromatic carbocycles. The van der Waals surface area contributed by atoms with Gasteiger partial charge in [-0.15, -0.1) is 0 Å². The Balaban J connectivity index is 3.17. The fraction of sp³-hybridized carbons (Fsp3) is 0. The summed E-state index contributed by atoms with van der Waals surface area (Å²) in [6.45, 7) is 0. The summed E-state index contributed by atoms with van der Waals surface area (Å²) in [5, 5.41) is 8.12. The minimum absolute atomic E-state index is 0.152. The molecule has 1 nitrogen and oxygen atoms in total. The monoisotopic (exact) mass is 183 g/mol. The molecule has 0 spiro atoms. The maximum Gasteiger partial charge on any atom is 0.161 e. The summed E-state index contributed by atoms with van der Waals surface area (Å²) in [6, 6.07) is 2.74. The Hall–Kier alpha value is -1.76. The maximum atomic E-state index is 12.8. The van der Waals surface area contributed by atoms with E-state index in [1.165, 1.54) is 0 Å². The highest BCUT2D eigenvalue weighted by atomic mass is 19.2. The fourth-order valence-electron chi connectivity index (χ4n) is 0.793. The van der Waals surface area contributed by atoms with Crippen LogP contribution in [0.2, 0.25) is 0 Å². The molecule has 0 aliphatic rings. The average Bonchev–Trinajstić information content (AvgIpc) is 2.09. The standard InChI is InChI=1S/C9H4F3N/c10-7-5-9(12)8(11)4-6(7)2-1-3-13/h1-2,4-5H/b2-1+. The molecule has 0 aliphatic heterocycles. The number of hydrogen-bond acceptors (Lipinski definition) is 1. The first kappa shape index (κ1) is 9.33. The van der Waals surface area contributed by atoms with Gasteiger partial charge >= 0.3 is 0 Å². The number of nitriles is 1. The summed E-state index contributed by atoms with van der Waals surface area (Å²) >= 11 is 0. The van der Waals surface area contributed by atoms with Gasteiger partial charge in [-0.05, 0) is 12.1 Å². The van der Waals surface area contributed by atoms with Gasteiger partial charge in [0.25, 0.3) is 0 Å². The predicted octanol–water partition coefficient (Wildman–Crippen LogP) is 2.64. The van der Waals surface area contributed by atoms with Gasteiger partial charge in [0.1, 0.15) is 5.82 Å². The van der Waals surface area contributed by atoms with E-state index < -0.39 is 17.5 Å². The van der Waals surface area contributed by atoms with Crippen LogP contribution in [0, 0.1) is 28.8 Å². The third-order valence-corrected chi connectivity index (χ3v) is 1.38. The first-order valence-corrected chi connectivity index (χ1v) is 3.36. The molecule has 0 radical (unpaired) electrons. The minimum atomic E-state index is -1.24. The van der Waals surface area contributed by atoms with Crippen LogP contribution in [0.15, 0.2) is 18.2 Å². The largest absolute Gasteiger partial charge is 0.206 e. The minimum Gasteiger partial charge on any atom is -0.206 e. The second kappa shape index (κ2) is 3.76. The van der Waals surface area contributed by atoms with Crippen LogP contribution in [0.3, 0.4) is 0 Å². The summed E-state index contributed by atoms with van der Waals surface area (Å²) in [6.07, 6.45) is 2.05. The number of hydrogen-bond donors (Lipinski definition) is 0. The van der Waals surface area contributed by atoms with Crippen LogP contribution < -0.4 is 0 Å². The summed E-state index contributed by atoms with van der Waals surface area (Å²) in [5.41, 5.74) is -0.152. The molecule has 0 N–H and O–H groups in total. The van der Waals surface area contributed by atoms with Crippen molar-refractivity contribution in [3.8, 4) is 6.07 Å². The van der Waals surface area contributed by atoms with Crippen molar-refractivity contribution in [2.24, 2.45) is 0 Å². The number of allylic oxidation sites excluding steroid dienone is 1. The van der Waals surface area contributed by atoms with Crippen LogP contribution in [-0.2, 0) is 0 Å². The molecule has 1 rings (SSSR count). The van der Waals surface area contributed by atoms with Crippen LogP contribution in [0.1, 0.15) is 5.56 Å². The molecule has 0 saturated heterocycles. The van der Waals surface area contributed by atoms with E-state index in [-0.39, 0.29) is 5.56 Å². The highest BCUT2D eigenvalue weighted by Crippen LogP contribution is 2.14. The number of halogens is 3. The second-order valence-electron chi connectivity index (χ2n) is 2.25. The van der Waals surface area contributed by atoms with Gasteiger partial charge in [0, 0.05) is 17.7 Å². The van der Waals surface area contributed by atoms with Crippen molar-refractivity contribution in [2.45, 2.75) is 0 Å². The lowest BCUT2D eigenvalue weighted by Crippen LogP contribution is -1.89. The van der Waals surface area contributed by atoms with Crippen LogP contribution in [0.25, 0.3) is 6.08 Å². The summed E-state index contributed by atoms with van der Waals surface area (Å²) < 4.78 is 37.7. The van der Waals surface area contributed by atoms with E-state index in [2.05, 4.69) is 0 Å². The Kier molecular flexibility index (Phi) is 2.70. The van der Waals surface area contributed by atoms with Gasteiger partial charge < -0.3 is 0 Å². The average molecular weight is 183 g/mol. The Bertz CT molecular complexity index is 391. The smallest absolute Gasteiger partial charge is 0.161 e. The first-order valence-electron chi connectivity index (χ1n) is 3.36. The van der Waals surface area contributed by atoms with Crippen LogP contribution >= 0.6 is 0 Å². The SMILES string of the molecule is N#C/C=C/c1cc(F)c(F)cc1F. The van der Waals surface area contributed by atoms with Crippen LogP contribution in [0.5, 0.6) is 0 Å².